The van der Waals surface area contributed by atoms with Gasteiger partial charge in [-0.3, -0.25) is 9.59 Å². The zero-order chi connectivity index (χ0) is 14.7. The highest BCUT2D eigenvalue weighted by Crippen LogP contribution is 2.12. The molecule has 1 aromatic rings. The molecule has 0 saturated carbocycles. The number of rotatable bonds is 4. The summed E-state index contributed by atoms with van der Waals surface area (Å²) in [6.45, 7) is 3.63. The fourth-order valence-corrected chi connectivity index (χ4v) is 2.41. The first-order chi connectivity index (χ1) is 9.49. The number of cyclic esters (lactones) is 1. The SMILES string of the molecule is CC(C)C(=O)N[C@@H]1C(=[OH+])OCC1NC(=O)c1cccs1. The second-order valence-corrected chi connectivity index (χ2v) is 5.80. The molecule has 108 valence electrons. The van der Waals surface area contributed by atoms with Gasteiger partial charge in [-0.05, 0) is 11.4 Å². The molecule has 20 heavy (non-hydrogen) atoms. The van der Waals surface area contributed by atoms with Crippen molar-refractivity contribution < 1.29 is 19.1 Å². The van der Waals surface area contributed by atoms with Crippen LogP contribution in [0.3, 0.4) is 0 Å². The lowest BCUT2D eigenvalue weighted by atomic mass is 10.1. The minimum Gasteiger partial charge on any atom is -0.340 e. The topological polar surface area (TPSA) is 88.8 Å². The summed E-state index contributed by atoms with van der Waals surface area (Å²) in [6, 6.07) is 2.30. The molecule has 0 bridgehead atoms. The molecule has 6 nitrogen and oxygen atoms in total. The maximum absolute atomic E-state index is 12.0. The number of ether oxygens (including phenoxy) is 1. The molecule has 3 N–H and O–H groups in total. The lowest BCUT2D eigenvalue weighted by Crippen LogP contribution is -2.53. The number of esters is 1. The van der Waals surface area contributed by atoms with Crippen molar-refractivity contribution >= 4 is 29.1 Å². The maximum Gasteiger partial charge on any atom is 0.508 e. The first-order valence-electron chi connectivity index (χ1n) is 6.32. The number of hydrogen-bond donors (Lipinski definition) is 2. The summed E-state index contributed by atoms with van der Waals surface area (Å²) in [5.74, 6) is -0.929. The van der Waals surface area contributed by atoms with Crippen molar-refractivity contribution in [2.75, 3.05) is 6.61 Å². The molecule has 0 spiro atoms. The Labute approximate surface area is 120 Å². The summed E-state index contributed by atoms with van der Waals surface area (Å²) in [6.07, 6.45) is 0. The summed E-state index contributed by atoms with van der Waals surface area (Å²) in [5, 5.41) is 7.23. The van der Waals surface area contributed by atoms with Gasteiger partial charge in [-0.1, -0.05) is 19.9 Å². The number of carbonyl (C=O) groups excluding carboxylic acids is 3. The van der Waals surface area contributed by atoms with Crippen molar-refractivity contribution in [2.45, 2.75) is 25.9 Å². The van der Waals surface area contributed by atoms with E-state index in [2.05, 4.69) is 10.6 Å². The molecule has 1 saturated heterocycles. The van der Waals surface area contributed by atoms with E-state index in [1.165, 1.54) is 11.3 Å². The highest BCUT2D eigenvalue weighted by Gasteiger charge is 2.46. The fourth-order valence-electron chi connectivity index (χ4n) is 1.79. The molecule has 0 radical (unpaired) electrons. The summed E-state index contributed by atoms with van der Waals surface area (Å²) in [5.41, 5.74) is 0. The van der Waals surface area contributed by atoms with E-state index in [0.29, 0.717) is 4.88 Å². The van der Waals surface area contributed by atoms with Crippen molar-refractivity contribution in [3.63, 3.8) is 0 Å². The van der Waals surface area contributed by atoms with Crippen molar-refractivity contribution in [1.82, 2.24) is 10.6 Å². The monoisotopic (exact) mass is 297 g/mol. The highest BCUT2D eigenvalue weighted by molar-refractivity contribution is 7.12. The van der Waals surface area contributed by atoms with Crippen molar-refractivity contribution in [1.29, 1.82) is 0 Å². The van der Waals surface area contributed by atoms with Gasteiger partial charge in [0.25, 0.3) is 5.91 Å². The molecule has 1 fully saturated rings. The second-order valence-electron chi connectivity index (χ2n) is 4.85. The van der Waals surface area contributed by atoms with Crippen LogP contribution in [0.15, 0.2) is 17.5 Å². The number of amides is 2. The maximum atomic E-state index is 12.0. The predicted molar refractivity (Wildman–Crippen MR) is 75.2 cm³/mol. The van der Waals surface area contributed by atoms with Crippen molar-refractivity contribution in [3.05, 3.63) is 22.4 Å². The van der Waals surface area contributed by atoms with E-state index < -0.39 is 12.1 Å². The summed E-state index contributed by atoms with van der Waals surface area (Å²) in [4.78, 5) is 33.9. The molecule has 1 unspecified atom stereocenters. The molecular weight excluding hydrogens is 280 g/mol. The molecule has 2 rings (SSSR count). The van der Waals surface area contributed by atoms with E-state index >= 15 is 0 Å². The normalized spacial score (nSPS) is 21.6. The van der Waals surface area contributed by atoms with Crippen LogP contribution in [0.2, 0.25) is 0 Å². The number of hydrogen-bond acceptors (Lipinski definition) is 4. The molecule has 7 heteroatoms. The van der Waals surface area contributed by atoms with Crippen LogP contribution >= 0.6 is 11.3 Å². The lowest BCUT2D eigenvalue weighted by Gasteiger charge is -2.16. The standard InChI is InChI=1S/C13H16N2O4S/c1-7(2)11(16)15-10-8(6-19-13(10)18)14-12(17)9-4-3-5-20-9/h3-5,7-8,10H,6H2,1-2H3,(H,14,17)(H,15,16)/p+1/t8?,10-/m0/s1. The van der Waals surface area contributed by atoms with Crippen molar-refractivity contribution in [2.24, 2.45) is 5.92 Å². The summed E-state index contributed by atoms with van der Waals surface area (Å²) < 4.78 is 5.02. The lowest BCUT2D eigenvalue weighted by molar-refractivity contribution is -0.124. The van der Waals surface area contributed by atoms with Crippen LogP contribution in [0.25, 0.3) is 0 Å². The third-order valence-electron chi connectivity index (χ3n) is 2.96. The Morgan fingerprint density at radius 3 is 2.80 bits per heavy atom. The average Bonchev–Trinajstić information content (AvgIpc) is 3.03. The average molecular weight is 297 g/mol. The zero-order valence-corrected chi connectivity index (χ0v) is 12.1. The summed E-state index contributed by atoms with van der Waals surface area (Å²) in [7, 11) is 0. The van der Waals surface area contributed by atoms with Crippen molar-refractivity contribution in [3.8, 4) is 0 Å². The van der Waals surface area contributed by atoms with Crippen LogP contribution in [0, 0.1) is 5.92 Å². The van der Waals surface area contributed by atoms with Gasteiger partial charge in [0.2, 0.25) is 18.6 Å². The quantitative estimate of drug-likeness (QED) is 0.627. The third-order valence-corrected chi connectivity index (χ3v) is 3.83. The Hall–Kier alpha value is -1.89. The highest BCUT2D eigenvalue weighted by atomic mass is 32.1. The van der Waals surface area contributed by atoms with E-state index in [4.69, 9.17) is 4.74 Å². The van der Waals surface area contributed by atoms with Crippen LogP contribution in [0.4, 0.5) is 0 Å². The molecule has 1 aliphatic heterocycles. The minimum absolute atomic E-state index is 0.131. The first-order valence-corrected chi connectivity index (χ1v) is 7.20. The third kappa shape index (κ3) is 3.16. The number of carbonyl (C=O) groups is 2. The van der Waals surface area contributed by atoms with Gasteiger partial charge in [-0.25, -0.2) is 0 Å². The van der Waals surface area contributed by atoms with Crippen LogP contribution in [0.1, 0.15) is 23.5 Å². The Balaban J connectivity index is 2.01. The first kappa shape index (κ1) is 14.5. The molecule has 2 heterocycles. The number of thiophene rings is 1. The number of nitrogens with one attached hydrogen (secondary N) is 2. The Kier molecular flexibility index (Phi) is 4.39. The van der Waals surface area contributed by atoms with E-state index in [1.807, 2.05) is 5.38 Å². The van der Waals surface area contributed by atoms with Crippen LogP contribution < -0.4 is 10.6 Å². The van der Waals surface area contributed by atoms with Gasteiger partial charge in [-0.15, -0.1) is 11.3 Å². The molecular formula is C13H17N2O4S+. The Morgan fingerprint density at radius 1 is 1.45 bits per heavy atom. The Bertz CT molecular complexity index is 512. The van der Waals surface area contributed by atoms with Gasteiger partial charge in [0.15, 0.2) is 0 Å². The molecule has 0 aliphatic carbocycles. The van der Waals surface area contributed by atoms with Gasteiger partial charge < -0.3 is 20.2 Å². The fraction of sp³-hybridized carbons (Fsp3) is 0.462. The molecule has 2 atom stereocenters. The van der Waals surface area contributed by atoms with Crippen LogP contribution in [-0.4, -0.2) is 41.3 Å². The van der Waals surface area contributed by atoms with E-state index in [-0.39, 0.29) is 30.3 Å². The van der Waals surface area contributed by atoms with Crippen LogP contribution in [-0.2, 0) is 9.53 Å². The zero-order valence-electron chi connectivity index (χ0n) is 11.3. The second kappa shape index (κ2) is 6.04. The molecule has 1 aromatic heterocycles. The van der Waals surface area contributed by atoms with E-state index in [1.54, 1.807) is 26.0 Å². The van der Waals surface area contributed by atoms with Gasteiger partial charge >= 0.3 is 5.97 Å². The van der Waals surface area contributed by atoms with Crippen LogP contribution in [0.5, 0.6) is 0 Å². The minimum atomic E-state index is -0.714. The van der Waals surface area contributed by atoms with Gasteiger partial charge in [0.1, 0.15) is 6.04 Å². The van der Waals surface area contributed by atoms with Gasteiger partial charge in [-0.2, -0.15) is 0 Å². The predicted octanol–water partition coefficient (Wildman–Crippen LogP) is 0.520. The smallest absolute Gasteiger partial charge is 0.340 e. The van der Waals surface area contributed by atoms with E-state index in [0.717, 1.165) is 0 Å². The molecule has 0 aromatic carbocycles. The van der Waals surface area contributed by atoms with Gasteiger partial charge in [0.05, 0.1) is 4.88 Å². The molecule has 2 amide bonds. The summed E-state index contributed by atoms with van der Waals surface area (Å²) >= 11 is 1.33. The van der Waals surface area contributed by atoms with Gasteiger partial charge in [0, 0.05) is 5.92 Å². The Morgan fingerprint density at radius 2 is 2.20 bits per heavy atom. The largest absolute Gasteiger partial charge is 0.508 e. The van der Waals surface area contributed by atoms with E-state index in [9.17, 15) is 14.4 Å². The molecule has 1 aliphatic rings.